The minimum atomic E-state index is 0.572. The van der Waals surface area contributed by atoms with Crippen LogP contribution in [0.4, 0.5) is 0 Å². The lowest BCUT2D eigenvalue weighted by atomic mass is 10.1. The topological polar surface area (TPSA) is 19.7 Å². The molecule has 0 fully saturated rings. The summed E-state index contributed by atoms with van der Waals surface area (Å²) in [4.78, 5) is 3.44. The molecule has 1 N–H and O–H groups in total. The molecule has 0 spiro atoms. The van der Waals surface area contributed by atoms with Crippen molar-refractivity contribution in [2.24, 2.45) is 7.05 Å². The number of hydrogen-bond acceptors (Lipinski definition) is 0. The number of rotatable bonds is 2. The maximum absolute atomic E-state index is 3.44. The molecule has 0 aliphatic rings. The lowest BCUT2D eigenvalue weighted by Crippen LogP contribution is -2.31. The van der Waals surface area contributed by atoms with Crippen LogP contribution in [0.25, 0.3) is 0 Å². The predicted molar refractivity (Wildman–Crippen MR) is 50.1 cm³/mol. The second-order valence-corrected chi connectivity index (χ2v) is 4.01. The average molecular weight is 167 g/mol. The molecule has 68 valence electrons. The molecule has 0 saturated heterocycles. The summed E-state index contributed by atoms with van der Waals surface area (Å²) in [7, 11) is 2.09. The van der Waals surface area contributed by atoms with Crippen molar-refractivity contribution in [1.29, 1.82) is 0 Å². The number of nitrogens with one attached hydrogen (secondary N) is 1. The normalized spacial score (nSPS) is 11.6. The second-order valence-electron chi connectivity index (χ2n) is 4.01. The van der Waals surface area contributed by atoms with Crippen molar-refractivity contribution in [2.75, 3.05) is 0 Å². The van der Waals surface area contributed by atoms with Gasteiger partial charge in [0, 0.05) is 5.92 Å². The lowest BCUT2D eigenvalue weighted by molar-refractivity contribution is -0.679. The third-order valence-corrected chi connectivity index (χ3v) is 2.15. The van der Waals surface area contributed by atoms with E-state index in [9.17, 15) is 0 Å². The summed E-state index contributed by atoms with van der Waals surface area (Å²) >= 11 is 0. The monoisotopic (exact) mass is 167 g/mol. The molecule has 0 aliphatic heterocycles. The Morgan fingerprint density at radius 1 is 1.17 bits per heavy atom. The fourth-order valence-electron chi connectivity index (χ4n) is 1.39. The molecule has 0 radical (unpaired) electrons. The van der Waals surface area contributed by atoms with Crippen molar-refractivity contribution in [3.8, 4) is 0 Å². The van der Waals surface area contributed by atoms with Crippen LogP contribution in [-0.4, -0.2) is 4.98 Å². The minimum Gasteiger partial charge on any atom is -0.244 e. The standard InChI is InChI=1S/C10H18N2/c1-7(2)9-6-12(5)10(11-9)8(3)4/h6-8H,1-5H3/p+1. The van der Waals surface area contributed by atoms with E-state index in [1.165, 1.54) is 11.5 Å². The zero-order chi connectivity index (χ0) is 9.30. The highest BCUT2D eigenvalue weighted by Gasteiger charge is 2.17. The molecule has 2 nitrogen and oxygen atoms in total. The molecule has 0 aromatic carbocycles. The molecule has 1 aromatic rings. The Labute approximate surface area is 74.6 Å². The Bertz CT molecular complexity index is 259. The molecule has 0 aliphatic carbocycles. The van der Waals surface area contributed by atoms with Crippen LogP contribution in [0.2, 0.25) is 0 Å². The summed E-state index contributed by atoms with van der Waals surface area (Å²) in [6.45, 7) is 8.82. The first-order chi connectivity index (χ1) is 5.52. The Morgan fingerprint density at radius 2 is 1.75 bits per heavy atom. The quantitative estimate of drug-likeness (QED) is 0.651. The minimum absolute atomic E-state index is 0.572. The fourth-order valence-corrected chi connectivity index (χ4v) is 1.39. The van der Waals surface area contributed by atoms with Crippen LogP contribution in [-0.2, 0) is 7.05 Å². The van der Waals surface area contributed by atoms with Gasteiger partial charge in [0.25, 0.3) is 5.82 Å². The summed E-state index contributed by atoms with van der Waals surface area (Å²) in [5.74, 6) is 2.46. The molecular weight excluding hydrogens is 148 g/mol. The van der Waals surface area contributed by atoms with Crippen LogP contribution in [0.5, 0.6) is 0 Å². The van der Waals surface area contributed by atoms with Crippen LogP contribution >= 0.6 is 0 Å². The van der Waals surface area contributed by atoms with Crippen molar-refractivity contribution in [2.45, 2.75) is 39.5 Å². The molecule has 0 bridgehead atoms. The summed E-state index contributed by atoms with van der Waals surface area (Å²) in [6.07, 6.45) is 2.18. The van der Waals surface area contributed by atoms with E-state index in [0.29, 0.717) is 11.8 Å². The largest absolute Gasteiger partial charge is 0.256 e. The number of imidazole rings is 1. The third kappa shape index (κ3) is 1.68. The predicted octanol–water partition coefficient (Wildman–Crippen LogP) is 2.09. The molecule has 1 heterocycles. The van der Waals surface area contributed by atoms with Gasteiger partial charge < -0.3 is 0 Å². The van der Waals surface area contributed by atoms with Crippen LogP contribution in [0, 0.1) is 0 Å². The van der Waals surface area contributed by atoms with Gasteiger partial charge in [-0.1, -0.05) is 27.7 Å². The first-order valence-corrected chi connectivity index (χ1v) is 4.60. The number of aromatic nitrogens is 2. The van der Waals surface area contributed by atoms with E-state index in [1.807, 2.05) is 0 Å². The number of aromatic amines is 1. The van der Waals surface area contributed by atoms with Gasteiger partial charge >= 0.3 is 0 Å². The van der Waals surface area contributed by atoms with Gasteiger partial charge in [0.05, 0.1) is 13.0 Å². The zero-order valence-corrected chi connectivity index (χ0v) is 8.68. The SMILES string of the molecule is CC(C)c1c[n+](C)c(C(C)C)[nH]1. The molecule has 2 heteroatoms. The molecule has 0 unspecified atom stereocenters. The third-order valence-electron chi connectivity index (χ3n) is 2.15. The summed E-state index contributed by atoms with van der Waals surface area (Å²) in [5.41, 5.74) is 1.32. The van der Waals surface area contributed by atoms with Crippen LogP contribution in [0.3, 0.4) is 0 Å². The van der Waals surface area contributed by atoms with Gasteiger partial charge in [-0.2, -0.15) is 0 Å². The first-order valence-electron chi connectivity index (χ1n) is 4.60. The Balaban J connectivity index is 3.00. The van der Waals surface area contributed by atoms with E-state index >= 15 is 0 Å². The molecule has 12 heavy (non-hydrogen) atoms. The first kappa shape index (κ1) is 9.30. The highest BCUT2D eigenvalue weighted by Crippen LogP contribution is 2.13. The van der Waals surface area contributed by atoms with Gasteiger partial charge in [-0.3, -0.25) is 0 Å². The van der Waals surface area contributed by atoms with E-state index in [-0.39, 0.29) is 0 Å². The van der Waals surface area contributed by atoms with E-state index in [0.717, 1.165) is 0 Å². The van der Waals surface area contributed by atoms with E-state index in [1.54, 1.807) is 0 Å². The second kappa shape index (κ2) is 3.30. The van der Waals surface area contributed by atoms with Crippen molar-refractivity contribution in [3.05, 3.63) is 17.7 Å². The maximum atomic E-state index is 3.44. The Morgan fingerprint density at radius 3 is 2.00 bits per heavy atom. The number of hydrogen-bond donors (Lipinski definition) is 1. The van der Waals surface area contributed by atoms with Crippen molar-refractivity contribution in [1.82, 2.24) is 4.98 Å². The van der Waals surface area contributed by atoms with Crippen LogP contribution in [0.15, 0.2) is 6.20 Å². The number of aryl methyl sites for hydroxylation is 1. The van der Waals surface area contributed by atoms with Gasteiger partial charge in [-0.15, -0.1) is 0 Å². The van der Waals surface area contributed by atoms with Gasteiger partial charge in [0.2, 0.25) is 0 Å². The average Bonchev–Trinajstić information content (AvgIpc) is 2.30. The van der Waals surface area contributed by atoms with Crippen molar-refractivity contribution in [3.63, 3.8) is 0 Å². The Hall–Kier alpha value is -0.790. The van der Waals surface area contributed by atoms with Crippen LogP contribution < -0.4 is 4.57 Å². The highest BCUT2D eigenvalue weighted by atomic mass is 15.1. The van der Waals surface area contributed by atoms with Gasteiger partial charge in [0.1, 0.15) is 11.9 Å². The van der Waals surface area contributed by atoms with Crippen LogP contribution in [0.1, 0.15) is 51.0 Å². The van der Waals surface area contributed by atoms with Gasteiger partial charge in [0.15, 0.2) is 0 Å². The smallest absolute Gasteiger partial charge is 0.244 e. The van der Waals surface area contributed by atoms with E-state index < -0.39 is 0 Å². The number of H-pyrrole nitrogens is 1. The zero-order valence-electron chi connectivity index (χ0n) is 8.68. The Kier molecular flexibility index (Phi) is 2.55. The summed E-state index contributed by atoms with van der Waals surface area (Å²) < 4.78 is 2.18. The lowest BCUT2D eigenvalue weighted by Gasteiger charge is -1.96. The van der Waals surface area contributed by atoms with Gasteiger partial charge in [-0.25, -0.2) is 9.55 Å². The molecule has 0 saturated carbocycles. The molecule has 1 aromatic heterocycles. The molecule has 0 amide bonds. The molecule has 0 atom stereocenters. The van der Waals surface area contributed by atoms with Crippen molar-refractivity contribution >= 4 is 0 Å². The fraction of sp³-hybridized carbons (Fsp3) is 0.700. The van der Waals surface area contributed by atoms with E-state index in [4.69, 9.17) is 0 Å². The van der Waals surface area contributed by atoms with E-state index in [2.05, 4.69) is 50.5 Å². The maximum Gasteiger partial charge on any atom is 0.256 e. The molecule has 1 rings (SSSR count). The molecular formula is C10H19N2+. The highest BCUT2D eigenvalue weighted by molar-refractivity contribution is 5.01. The summed E-state index contributed by atoms with van der Waals surface area (Å²) in [5, 5.41) is 0. The van der Waals surface area contributed by atoms with Gasteiger partial charge in [-0.05, 0) is 0 Å². The summed E-state index contributed by atoms with van der Waals surface area (Å²) in [6, 6.07) is 0. The van der Waals surface area contributed by atoms with Crippen molar-refractivity contribution < 1.29 is 4.57 Å². The number of nitrogens with zero attached hydrogens (tertiary/aromatic N) is 1.